The number of carbonyl (C=O) groups excluding carboxylic acids is 2. The highest BCUT2D eigenvalue weighted by Gasteiger charge is 2.16. The molecule has 0 aliphatic carbocycles. The molecule has 1 aromatic carbocycles. The number of thioether (sulfide) groups is 1. The first-order chi connectivity index (χ1) is 13.7. The molecule has 3 rings (SSSR count). The Balaban J connectivity index is 1.36. The first-order valence-electron chi connectivity index (χ1n) is 9.22. The van der Waals surface area contributed by atoms with Gasteiger partial charge in [0.25, 0.3) is 0 Å². The number of amides is 3. The molecule has 0 radical (unpaired) electrons. The van der Waals surface area contributed by atoms with E-state index in [4.69, 9.17) is 4.74 Å². The standard InChI is InChI=1S/C20H24N4O3S/c25-19(14-28-13-15-3-1-9-21-11-15)23-16-5-7-17(8-6-16)24-20(26)22-12-18-4-2-10-27-18/h1,3,5-9,11,18H,2,4,10,12-14H2,(H,23,25)(H2,22,24,26). The van der Waals surface area contributed by atoms with Crippen LogP contribution in [0.1, 0.15) is 18.4 Å². The first-order valence-corrected chi connectivity index (χ1v) is 10.4. The van der Waals surface area contributed by atoms with Crippen LogP contribution >= 0.6 is 11.8 Å². The van der Waals surface area contributed by atoms with Crippen molar-refractivity contribution < 1.29 is 14.3 Å². The molecular weight excluding hydrogens is 376 g/mol. The van der Waals surface area contributed by atoms with Gasteiger partial charge in [-0.25, -0.2) is 4.79 Å². The summed E-state index contributed by atoms with van der Waals surface area (Å²) in [7, 11) is 0. The van der Waals surface area contributed by atoms with Gasteiger partial charge in [-0.2, -0.15) is 0 Å². The van der Waals surface area contributed by atoms with Gasteiger partial charge in [-0.15, -0.1) is 11.8 Å². The number of anilines is 2. The predicted octanol–water partition coefficient (Wildman–Crippen LogP) is 3.25. The van der Waals surface area contributed by atoms with Gasteiger partial charge in [0.15, 0.2) is 0 Å². The molecule has 1 fully saturated rings. The fraction of sp³-hybridized carbons (Fsp3) is 0.350. The van der Waals surface area contributed by atoms with Gasteiger partial charge in [-0.3, -0.25) is 9.78 Å². The second-order valence-electron chi connectivity index (χ2n) is 6.45. The summed E-state index contributed by atoms with van der Waals surface area (Å²) >= 11 is 1.53. The molecule has 1 atom stereocenters. The lowest BCUT2D eigenvalue weighted by Crippen LogP contribution is -2.35. The minimum atomic E-state index is -0.265. The van der Waals surface area contributed by atoms with Crippen molar-refractivity contribution >= 4 is 35.1 Å². The average molecular weight is 401 g/mol. The Morgan fingerprint density at radius 3 is 2.61 bits per heavy atom. The van der Waals surface area contributed by atoms with Crippen LogP contribution in [0, 0.1) is 0 Å². The van der Waals surface area contributed by atoms with Gasteiger partial charge >= 0.3 is 6.03 Å². The van der Waals surface area contributed by atoms with Crippen molar-refractivity contribution in [2.75, 3.05) is 29.5 Å². The van der Waals surface area contributed by atoms with E-state index < -0.39 is 0 Å². The largest absolute Gasteiger partial charge is 0.376 e. The molecule has 2 heterocycles. The molecule has 1 aromatic heterocycles. The lowest BCUT2D eigenvalue weighted by Gasteiger charge is -2.12. The van der Waals surface area contributed by atoms with Crippen LogP contribution in [-0.2, 0) is 15.3 Å². The molecule has 0 spiro atoms. The third-order valence-electron chi connectivity index (χ3n) is 4.17. The second kappa shape index (κ2) is 10.7. The molecule has 8 heteroatoms. The number of aromatic nitrogens is 1. The molecule has 1 aliphatic heterocycles. The number of nitrogens with zero attached hydrogens (tertiary/aromatic N) is 1. The lowest BCUT2D eigenvalue weighted by atomic mass is 10.2. The van der Waals surface area contributed by atoms with Crippen LogP contribution in [0.3, 0.4) is 0 Å². The number of urea groups is 1. The zero-order chi connectivity index (χ0) is 19.6. The van der Waals surface area contributed by atoms with E-state index in [9.17, 15) is 9.59 Å². The molecule has 28 heavy (non-hydrogen) atoms. The van der Waals surface area contributed by atoms with Gasteiger partial charge in [-0.05, 0) is 48.7 Å². The van der Waals surface area contributed by atoms with Crippen molar-refractivity contribution in [1.29, 1.82) is 0 Å². The molecule has 148 valence electrons. The van der Waals surface area contributed by atoms with Gasteiger partial charge in [0.05, 0.1) is 11.9 Å². The SMILES string of the molecule is O=C(CSCc1cccnc1)Nc1ccc(NC(=O)NCC2CCCO2)cc1. The normalized spacial score (nSPS) is 15.8. The summed E-state index contributed by atoms with van der Waals surface area (Å²) in [5, 5.41) is 8.43. The van der Waals surface area contributed by atoms with E-state index in [1.54, 1.807) is 36.7 Å². The van der Waals surface area contributed by atoms with Gasteiger partial charge < -0.3 is 20.7 Å². The number of nitrogens with one attached hydrogen (secondary N) is 3. The third-order valence-corrected chi connectivity index (χ3v) is 5.17. The summed E-state index contributed by atoms with van der Waals surface area (Å²) in [5.41, 5.74) is 2.44. The van der Waals surface area contributed by atoms with E-state index >= 15 is 0 Å². The van der Waals surface area contributed by atoms with Gasteiger partial charge in [0.2, 0.25) is 5.91 Å². The summed E-state index contributed by atoms with van der Waals surface area (Å²) < 4.78 is 5.47. The maximum absolute atomic E-state index is 12.0. The highest BCUT2D eigenvalue weighted by atomic mass is 32.2. The number of benzene rings is 1. The summed E-state index contributed by atoms with van der Waals surface area (Å²) in [6, 6.07) is 10.6. The monoisotopic (exact) mass is 400 g/mol. The van der Waals surface area contributed by atoms with Crippen LogP contribution in [0.15, 0.2) is 48.8 Å². The minimum absolute atomic E-state index is 0.0658. The van der Waals surface area contributed by atoms with E-state index in [0.717, 1.165) is 30.8 Å². The molecule has 3 N–H and O–H groups in total. The Kier molecular flexibility index (Phi) is 7.69. The van der Waals surface area contributed by atoms with Crippen molar-refractivity contribution in [3.63, 3.8) is 0 Å². The fourth-order valence-electron chi connectivity index (χ4n) is 2.77. The first kappa shape index (κ1) is 20.2. The number of ether oxygens (including phenoxy) is 1. The molecule has 0 bridgehead atoms. The molecule has 0 saturated carbocycles. The van der Waals surface area contributed by atoms with Crippen molar-refractivity contribution in [3.8, 4) is 0 Å². The molecule has 1 aliphatic rings. The van der Waals surface area contributed by atoms with Gasteiger partial charge in [0, 0.05) is 42.7 Å². The molecular formula is C20H24N4O3S. The predicted molar refractivity (Wildman–Crippen MR) is 111 cm³/mol. The van der Waals surface area contributed by atoms with Crippen LogP contribution < -0.4 is 16.0 Å². The Bertz CT molecular complexity index is 765. The zero-order valence-electron chi connectivity index (χ0n) is 15.5. The van der Waals surface area contributed by atoms with Gasteiger partial charge in [-0.1, -0.05) is 6.07 Å². The number of carbonyl (C=O) groups is 2. The maximum atomic E-state index is 12.0. The number of hydrogen-bond acceptors (Lipinski definition) is 5. The van der Waals surface area contributed by atoms with Crippen molar-refractivity contribution in [1.82, 2.24) is 10.3 Å². The smallest absolute Gasteiger partial charge is 0.319 e. The molecule has 3 amide bonds. The second-order valence-corrected chi connectivity index (χ2v) is 7.44. The molecule has 7 nitrogen and oxygen atoms in total. The number of hydrogen-bond donors (Lipinski definition) is 3. The minimum Gasteiger partial charge on any atom is -0.376 e. The van der Waals surface area contributed by atoms with E-state index in [1.165, 1.54) is 11.8 Å². The summed E-state index contributed by atoms with van der Waals surface area (Å²) in [6.07, 6.45) is 5.67. The Morgan fingerprint density at radius 1 is 1.14 bits per heavy atom. The zero-order valence-corrected chi connectivity index (χ0v) is 16.3. The van der Waals surface area contributed by atoms with Crippen LogP contribution in [0.25, 0.3) is 0 Å². The molecule has 1 unspecified atom stereocenters. The van der Waals surface area contributed by atoms with E-state index in [-0.39, 0.29) is 18.0 Å². The van der Waals surface area contributed by atoms with E-state index in [1.807, 2.05) is 12.1 Å². The maximum Gasteiger partial charge on any atom is 0.319 e. The fourth-order valence-corrected chi connectivity index (χ4v) is 3.53. The van der Waals surface area contributed by atoms with Crippen LogP contribution in [0.4, 0.5) is 16.2 Å². The van der Waals surface area contributed by atoms with Crippen molar-refractivity contribution in [2.24, 2.45) is 0 Å². The number of pyridine rings is 1. The Morgan fingerprint density at radius 2 is 1.93 bits per heavy atom. The molecule has 1 saturated heterocycles. The van der Waals surface area contributed by atoms with Crippen LogP contribution in [0.5, 0.6) is 0 Å². The van der Waals surface area contributed by atoms with E-state index in [2.05, 4.69) is 20.9 Å². The average Bonchev–Trinajstić information content (AvgIpc) is 3.22. The van der Waals surface area contributed by atoms with E-state index in [0.29, 0.717) is 23.7 Å². The number of rotatable bonds is 8. The molecule has 2 aromatic rings. The van der Waals surface area contributed by atoms with Crippen LogP contribution in [0.2, 0.25) is 0 Å². The van der Waals surface area contributed by atoms with Crippen molar-refractivity contribution in [3.05, 3.63) is 54.4 Å². The highest BCUT2D eigenvalue weighted by Crippen LogP contribution is 2.16. The van der Waals surface area contributed by atoms with Crippen LogP contribution in [-0.4, -0.2) is 41.9 Å². The van der Waals surface area contributed by atoms with Crippen molar-refractivity contribution in [2.45, 2.75) is 24.7 Å². The topological polar surface area (TPSA) is 92.4 Å². The summed E-state index contributed by atoms with van der Waals surface area (Å²) in [5.74, 6) is 1.04. The quantitative estimate of drug-likeness (QED) is 0.633. The summed E-state index contributed by atoms with van der Waals surface area (Å²) in [6.45, 7) is 1.28. The lowest BCUT2D eigenvalue weighted by molar-refractivity contribution is -0.113. The third kappa shape index (κ3) is 6.86. The Labute approximate surface area is 168 Å². The summed E-state index contributed by atoms with van der Waals surface area (Å²) in [4.78, 5) is 28.0. The Hall–Kier alpha value is -2.58. The van der Waals surface area contributed by atoms with Gasteiger partial charge in [0.1, 0.15) is 0 Å². The highest BCUT2D eigenvalue weighted by molar-refractivity contribution is 7.99.